The fourth-order valence-electron chi connectivity index (χ4n) is 1.94. The number of hydrogen-bond donors (Lipinski definition) is 3. The molecular formula is C8H13N3O. The van der Waals surface area contributed by atoms with Crippen LogP contribution in [0.2, 0.25) is 0 Å². The van der Waals surface area contributed by atoms with E-state index in [9.17, 15) is 4.79 Å². The molecule has 0 saturated carbocycles. The molecule has 1 aliphatic carbocycles. The van der Waals surface area contributed by atoms with E-state index < -0.39 is 0 Å². The van der Waals surface area contributed by atoms with Gasteiger partial charge in [-0.1, -0.05) is 0 Å². The largest absolute Gasteiger partial charge is 0.330 e. The highest BCUT2D eigenvalue weighted by Gasteiger charge is 2.23. The molecule has 0 amide bonds. The van der Waals surface area contributed by atoms with Gasteiger partial charge < -0.3 is 10.8 Å². The predicted octanol–water partition coefficient (Wildman–Crippen LogP) is 0.0816. The lowest BCUT2D eigenvalue weighted by molar-refractivity contribution is 0.555. The fourth-order valence-corrected chi connectivity index (χ4v) is 1.94. The van der Waals surface area contributed by atoms with Crippen molar-refractivity contribution in [2.45, 2.75) is 25.2 Å². The van der Waals surface area contributed by atoms with Crippen molar-refractivity contribution in [3.8, 4) is 0 Å². The second-order valence-electron chi connectivity index (χ2n) is 3.30. The molecule has 0 radical (unpaired) electrons. The third-order valence-electron chi connectivity index (χ3n) is 2.57. The van der Waals surface area contributed by atoms with Gasteiger partial charge in [-0.25, -0.2) is 0 Å². The molecular weight excluding hydrogens is 154 g/mol. The van der Waals surface area contributed by atoms with Gasteiger partial charge in [-0.2, -0.15) is 0 Å². The van der Waals surface area contributed by atoms with E-state index >= 15 is 0 Å². The third kappa shape index (κ3) is 0.992. The molecule has 0 spiro atoms. The van der Waals surface area contributed by atoms with Gasteiger partial charge in [0.05, 0.1) is 0 Å². The smallest absolute Gasteiger partial charge is 0.267 e. The Kier molecular flexibility index (Phi) is 1.77. The fraction of sp³-hybridized carbons (Fsp3) is 0.625. The maximum absolute atomic E-state index is 11.3. The minimum absolute atomic E-state index is 0.0140. The first kappa shape index (κ1) is 7.61. The van der Waals surface area contributed by atoms with E-state index in [1.54, 1.807) is 0 Å². The highest BCUT2D eigenvalue weighted by molar-refractivity contribution is 5.24. The summed E-state index contributed by atoms with van der Waals surface area (Å²) >= 11 is 0. The first-order valence-electron chi connectivity index (χ1n) is 4.32. The maximum Gasteiger partial charge on any atom is 0.267 e. The van der Waals surface area contributed by atoms with Crippen molar-refractivity contribution < 1.29 is 0 Å². The molecule has 0 fully saturated rings. The van der Waals surface area contributed by atoms with Crippen molar-refractivity contribution in [2.75, 3.05) is 6.54 Å². The Morgan fingerprint density at radius 1 is 1.50 bits per heavy atom. The van der Waals surface area contributed by atoms with Crippen LogP contribution < -0.4 is 11.3 Å². The van der Waals surface area contributed by atoms with Crippen molar-refractivity contribution in [1.82, 2.24) is 10.2 Å². The zero-order valence-electron chi connectivity index (χ0n) is 6.89. The Bertz CT molecular complexity index is 325. The van der Waals surface area contributed by atoms with Crippen molar-refractivity contribution in [2.24, 2.45) is 5.73 Å². The minimum atomic E-state index is 0.0140. The molecule has 1 unspecified atom stereocenters. The zero-order valence-corrected chi connectivity index (χ0v) is 6.89. The number of nitrogens with two attached hydrogens (primary N) is 1. The van der Waals surface area contributed by atoms with E-state index in [-0.39, 0.29) is 11.5 Å². The molecule has 0 aliphatic heterocycles. The second-order valence-corrected chi connectivity index (χ2v) is 3.30. The van der Waals surface area contributed by atoms with Gasteiger partial charge >= 0.3 is 0 Å². The van der Waals surface area contributed by atoms with Crippen LogP contribution in [-0.4, -0.2) is 16.7 Å². The van der Waals surface area contributed by atoms with Gasteiger partial charge in [0.1, 0.15) is 0 Å². The van der Waals surface area contributed by atoms with Crippen molar-refractivity contribution in [1.29, 1.82) is 0 Å². The molecule has 1 aromatic heterocycles. The molecule has 4 N–H and O–H groups in total. The SMILES string of the molecule is NCC1CCCc2[nH][nH]c(=O)c21. The lowest BCUT2D eigenvalue weighted by Gasteiger charge is -2.18. The van der Waals surface area contributed by atoms with Gasteiger partial charge in [0.25, 0.3) is 5.56 Å². The van der Waals surface area contributed by atoms with Gasteiger partial charge in [-0.05, 0) is 25.8 Å². The van der Waals surface area contributed by atoms with Crippen molar-refractivity contribution >= 4 is 0 Å². The number of aromatic nitrogens is 2. The molecule has 0 bridgehead atoms. The standard InChI is InChI=1S/C8H13N3O/c9-4-5-2-1-3-6-7(5)8(12)11-10-6/h5H,1-4,9H2,(H2,10,11,12). The molecule has 66 valence electrons. The molecule has 0 aromatic carbocycles. The molecule has 1 aromatic rings. The summed E-state index contributed by atoms with van der Waals surface area (Å²) in [5, 5.41) is 5.50. The molecule has 12 heavy (non-hydrogen) atoms. The Labute approximate surface area is 70.1 Å². The normalized spacial score (nSPS) is 22.2. The van der Waals surface area contributed by atoms with Crippen LogP contribution in [0.5, 0.6) is 0 Å². The molecule has 0 saturated heterocycles. The lowest BCUT2D eigenvalue weighted by Crippen LogP contribution is -2.22. The number of aromatic amines is 2. The number of fused-ring (bicyclic) bond motifs is 1. The molecule has 1 aliphatic rings. The van der Waals surface area contributed by atoms with Gasteiger partial charge in [-0.3, -0.25) is 9.89 Å². The van der Waals surface area contributed by atoms with Crippen LogP contribution in [0, 0.1) is 0 Å². The van der Waals surface area contributed by atoms with Crippen LogP contribution in [0.3, 0.4) is 0 Å². The highest BCUT2D eigenvalue weighted by Crippen LogP contribution is 2.26. The van der Waals surface area contributed by atoms with Gasteiger partial charge in [-0.15, -0.1) is 0 Å². The summed E-state index contributed by atoms with van der Waals surface area (Å²) in [6, 6.07) is 0. The average molecular weight is 167 g/mol. The summed E-state index contributed by atoms with van der Waals surface area (Å²) in [5.74, 6) is 0.267. The Morgan fingerprint density at radius 3 is 3.08 bits per heavy atom. The third-order valence-corrected chi connectivity index (χ3v) is 2.57. The van der Waals surface area contributed by atoms with Crippen LogP contribution in [0.4, 0.5) is 0 Å². The van der Waals surface area contributed by atoms with E-state index in [4.69, 9.17) is 5.73 Å². The average Bonchev–Trinajstić information content (AvgIpc) is 2.48. The van der Waals surface area contributed by atoms with E-state index in [1.165, 1.54) is 0 Å². The van der Waals surface area contributed by atoms with Crippen LogP contribution in [-0.2, 0) is 6.42 Å². The molecule has 4 heteroatoms. The summed E-state index contributed by atoms with van der Waals surface area (Å²) in [4.78, 5) is 11.3. The molecule has 2 rings (SSSR count). The van der Waals surface area contributed by atoms with Crippen LogP contribution in [0.1, 0.15) is 30.0 Å². The van der Waals surface area contributed by atoms with Crippen LogP contribution in [0.15, 0.2) is 4.79 Å². The van der Waals surface area contributed by atoms with Crippen molar-refractivity contribution in [3.05, 3.63) is 21.6 Å². The Balaban J connectivity index is 2.48. The van der Waals surface area contributed by atoms with E-state index in [2.05, 4.69) is 10.2 Å². The summed E-state index contributed by atoms with van der Waals surface area (Å²) in [6.45, 7) is 0.577. The van der Waals surface area contributed by atoms with E-state index in [1.807, 2.05) is 0 Å². The quantitative estimate of drug-likeness (QED) is 0.554. The van der Waals surface area contributed by atoms with E-state index in [0.717, 1.165) is 30.5 Å². The zero-order chi connectivity index (χ0) is 8.55. The predicted molar refractivity (Wildman–Crippen MR) is 46.1 cm³/mol. The summed E-state index contributed by atoms with van der Waals surface area (Å²) in [5.41, 5.74) is 7.54. The Morgan fingerprint density at radius 2 is 2.33 bits per heavy atom. The van der Waals surface area contributed by atoms with Crippen molar-refractivity contribution in [3.63, 3.8) is 0 Å². The number of H-pyrrole nitrogens is 2. The topological polar surface area (TPSA) is 74.7 Å². The molecule has 4 nitrogen and oxygen atoms in total. The number of hydrogen-bond acceptors (Lipinski definition) is 2. The van der Waals surface area contributed by atoms with Gasteiger partial charge in [0.15, 0.2) is 0 Å². The van der Waals surface area contributed by atoms with Crippen LogP contribution >= 0.6 is 0 Å². The molecule has 1 atom stereocenters. The number of aryl methyl sites for hydroxylation is 1. The highest BCUT2D eigenvalue weighted by atomic mass is 16.1. The maximum atomic E-state index is 11.3. The first-order chi connectivity index (χ1) is 5.83. The van der Waals surface area contributed by atoms with Crippen LogP contribution in [0.25, 0.3) is 0 Å². The summed E-state index contributed by atoms with van der Waals surface area (Å²) < 4.78 is 0. The minimum Gasteiger partial charge on any atom is -0.330 e. The van der Waals surface area contributed by atoms with Gasteiger partial charge in [0, 0.05) is 17.2 Å². The summed E-state index contributed by atoms with van der Waals surface area (Å²) in [6.07, 6.45) is 3.15. The van der Waals surface area contributed by atoms with Gasteiger partial charge in [0.2, 0.25) is 0 Å². The number of rotatable bonds is 1. The number of nitrogens with one attached hydrogen (secondary N) is 2. The van der Waals surface area contributed by atoms with E-state index in [0.29, 0.717) is 6.54 Å². The summed E-state index contributed by atoms with van der Waals surface area (Å²) in [7, 11) is 0. The molecule has 1 heterocycles. The first-order valence-corrected chi connectivity index (χ1v) is 4.32. The monoisotopic (exact) mass is 167 g/mol. The lowest BCUT2D eigenvalue weighted by atomic mass is 9.87. The Hall–Kier alpha value is -1.03. The second kappa shape index (κ2) is 2.79.